The van der Waals surface area contributed by atoms with Gasteiger partial charge in [0.25, 0.3) is 0 Å². The number of aliphatic imine (C=N–C) groups is 1. The van der Waals surface area contributed by atoms with E-state index >= 15 is 0 Å². The zero-order valence-corrected chi connectivity index (χ0v) is 19.2. The van der Waals surface area contributed by atoms with Crippen LogP contribution in [0.25, 0.3) is 0 Å². The molecule has 1 aliphatic rings. The molecule has 0 radical (unpaired) electrons. The van der Waals surface area contributed by atoms with Crippen LogP contribution >= 0.6 is 0 Å². The molecule has 2 N–H and O–H groups in total. The summed E-state index contributed by atoms with van der Waals surface area (Å²) in [6, 6.07) is 16.8. The largest absolute Gasteiger partial charge is 0.490 e. The van der Waals surface area contributed by atoms with Crippen LogP contribution in [0.15, 0.2) is 53.5 Å². The summed E-state index contributed by atoms with van der Waals surface area (Å²) >= 11 is 0. The van der Waals surface area contributed by atoms with E-state index in [2.05, 4.69) is 63.8 Å². The fourth-order valence-corrected chi connectivity index (χ4v) is 3.93. The van der Waals surface area contributed by atoms with Crippen molar-refractivity contribution in [1.82, 2.24) is 10.6 Å². The summed E-state index contributed by atoms with van der Waals surface area (Å²) in [5.74, 6) is 2.99. The highest BCUT2D eigenvalue weighted by molar-refractivity contribution is 5.80. The van der Waals surface area contributed by atoms with Gasteiger partial charge in [0.1, 0.15) is 0 Å². The molecule has 31 heavy (non-hydrogen) atoms. The predicted octanol–water partition coefficient (Wildman–Crippen LogP) is 4.24. The summed E-state index contributed by atoms with van der Waals surface area (Å²) in [4.78, 5) is 6.88. The van der Waals surface area contributed by atoms with Gasteiger partial charge >= 0.3 is 0 Å². The Morgan fingerprint density at radius 2 is 1.84 bits per heavy atom. The average molecular weight is 425 g/mol. The maximum absolute atomic E-state index is 5.77. The van der Waals surface area contributed by atoms with Gasteiger partial charge in [-0.25, -0.2) is 0 Å². The molecule has 2 atom stereocenters. The number of nitrogens with zero attached hydrogens (tertiary/aromatic N) is 2. The quantitative estimate of drug-likeness (QED) is 0.466. The molecule has 2 aromatic carbocycles. The summed E-state index contributed by atoms with van der Waals surface area (Å²) in [6.07, 6.45) is 1.19. The van der Waals surface area contributed by atoms with E-state index in [1.807, 2.05) is 33.0 Å². The van der Waals surface area contributed by atoms with E-state index in [0.29, 0.717) is 19.1 Å². The van der Waals surface area contributed by atoms with E-state index < -0.39 is 0 Å². The van der Waals surface area contributed by atoms with Gasteiger partial charge in [-0.3, -0.25) is 4.99 Å². The lowest BCUT2D eigenvalue weighted by molar-refractivity contribution is 0.287. The smallest absolute Gasteiger partial charge is 0.191 e. The fourth-order valence-electron chi connectivity index (χ4n) is 3.93. The average Bonchev–Trinajstić information content (AvgIpc) is 3.27. The van der Waals surface area contributed by atoms with Gasteiger partial charge in [-0.05, 0) is 62.9 Å². The predicted molar refractivity (Wildman–Crippen MR) is 128 cm³/mol. The normalized spacial score (nSPS) is 17.4. The first kappa shape index (κ1) is 22.8. The molecular weight excluding hydrogens is 388 g/mol. The topological polar surface area (TPSA) is 58.1 Å². The number of nitrogens with one attached hydrogen (secondary N) is 2. The molecule has 1 fully saturated rings. The molecule has 0 saturated carbocycles. The number of anilines is 1. The third kappa shape index (κ3) is 6.29. The Morgan fingerprint density at radius 3 is 2.55 bits per heavy atom. The first-order valence-electron chi connectivity index (χ1n) is 11.3. The van der Waals surface area contributed by atoms with Gasteiger partial charge in [0, 0.05) is 32.4 Å². The molecule has 6 heteroatoms. The summed E-state index contributed by atoms with van der Waals surface area (Å²) in [5.41, 5.74) is 2.44. The van der Waals surface area contributed by atoms with Gasteiger partial charge in [-0.15, -0.1) is 0 Å². The van der Waals surface area contributed by atoms with E-state index in [4.69, 9.17) is 9.47 Å². The second kappa shape index (κ2) is 11.5. The van der Waals surface area contributed by atoms with Crippen LogP contribution in [0.3, 0.4) is 0 Å². The minimum atomic E-state index is 0.0884. The van der Waals surface area contributed by atoms with E-state index in [-0.39, 0.29) is 6.04 Å². The van der Waals surface area contributed by atoms with Gasteiger partial charge in [0.15, 0.2) is 17.5 Å². The molecule has 1 heterocycles. The van der Waals surface area contributed by atoms with Crippen molar-refractivity contribution < 1.29 is 9.47 Å². The Hall–Kier alpha value is -2.89. The van der Waals surface area contributed by atoms with E-state index in [1.165, 1.54) is 12.1 Å². The SMILES string of the molecule is CCOc1ccc(C(C)NC(=NC)NCC2CCN(c3ccccc3)C2)cc1OCC. The molecule has 0 aliphatic carbocycles. The van der Waals surface area contributed by atoms with Crippen LogP contribution in [-0.4, -0.2) is 45.9 Å². The third-order valence-corrected chi connectivity index (χ3v) is 5.61. The van der Waals surface area contributed by atoms with Crippen LogP contribution in [0.2, 0.25) is 0 Å². The van der Waals surface area contributed by atoms with Crippen LogP contribution in [0.4, 0.5) is 5.69 Å². The van der Waals surface area contributed by atoms with E-state index in [0.717, 1.165) is 42.7 Å². The number of benzene rings is 2. The summed E-state index contributed by atoms with van der Waals surface area (Å²) in [7, 11) is 1.82. The first-order chi connectivity index (χ1) is 15.1. The number of para-hydroxylation sites is 1. The van der Waals surface area contributed by atoms with Crippen LogP contribution in [0, 0.1) is 5.92 Å². The number of ether oxygens (including phenoxy) is 2. The molecule has 2 aromatic rings. The maximum Gasteiger partial charge on any atom is 0.191 e. The van der Waals surface area contributed by atoms with Crippen molar-refractivity contribution in [3.8, 4) is 11.5 Å². The number of rotatable bonds is 9. The van der Waals surface area contributed by atoms with Crippen LogP contribution in [-0.2, 0) is 0 Å². The molecule has 0 aromatic heterocycles. The van der Waals surface area contributed by atoms with Crippen molar-refractivity contribution in [2.45, 2.75) is 33.2 Å². The standard InChI is InChI=1S/C25H36N4O2/c1-5-30-23-13-12-21(16-24(23)31-6-2)19(3)28-25(26-4)27-17-20-14-15-29(18-20)22-10-8-7-9-11-22/h7-13,16,19-20H,5-6,14-15,17-18H2,1-4H3,(H2,26,27,28). The Balaban J connectivity index is 1.53. The van der Waals surface area contributed by atoms with Crippen molar-refractivity contribution in [3.63, 3.8) is 0 Å². The first-order valence-corrected chi connectivity index (χ1v) is 11.3. The van der Waals surface area contributed by atoms with Gasteiger partial charge < -0.3 is 25.0 Å². The van der Waals surface area contributed by atoms with Crippen LogP contribution in [0.1, 0.15) is 38.8 Å². The highest BCUT2D eigenvalue weighted by Gasteiger charge is 2.23. The van der Waals surface area contributed by atoms with Crippen molar-refractivity contribution in [3.05, 3.63) is 54.1 Å². The summed E-state index contributed by atoms with van der Waals surface area (Å²) < 4.78 is 11.4. The monoisotopic (exact) mass is 424 g/mol. The number of hydrogen-bond acceptors (Lipinski definition) is 4. The molecule has 1 saturated heterocycles. The van der Waals surface area contributed by atoms with Gasteiger partial charge in [0.2, 0.25) is 0 Å². The highest BCUT2D eigenvalue weighted by Crippen LogP contribution is 2.30. The van der Waals surface area contributed by atoms with Crippen molar-refractivity contribution in [2.75, 3.05) is 44.8 Å². The molecule has 0 spiro atoms. The van der Waals surface area contributed by atoms with E-state index in [9.17, 15) is 0 Å². The summed E-state index contributed by atoms with van der Waals surface area (Å²) in [6.45, 7) is 10.4. The highest BCUT2D eigenvalue weighted by atomic mass is 16.5. The minimum Gasteiger partial charge on any atom is -0.490 e. The summed E-state index contributed by atoms with van der Waals surface area (Å²) in [5, 5.41) is 7.01. The van der Waals surface area contributed by atoms with Gasteiger partial charge in [-0.1, -0.05) is 24.3 Å². The molecule has 168 valence electrons. The van der Waals surface area contributed by atoms with Crippen molar-refractivity contribution in [2.24, 2.45) is 10.9 Å². The second-order valence-electron chi connectivity index (χ2n) is 7.83. The van der Waals surface area contributed by atoms with Crippen LogP contribution < -0.4 is 25.0 Å². The molecule has 3 rings (SSSR count). The number of hydrogen-bond donors (Lipinski definition) is 2. The Kier molecular flexibility index (Phi) is 8.44. The zero-order valence-electron chi connectivity index (χ0n) is 19.2. The van der Waals surface area contributed by atoms with Gasteiger partial charge in [0.05, 0.1) is 19.3 Å². The lowest BCUT2D eigenvalue weighted by atomic mass is 10.1. The van der Waals surface area contributed by atoms with Crippen molar-refractivity contribution in [1.29, 1.82) is 0 Å². The Labute approximate surface area is 186 Å². The lowest BCUT2D eigenvalue weighted by Crippen LogP contribution is -2.41. The molecule has 1 aliphatic heterocycles. The number of guanidine groups is 1. The van der Waals surface area contributed by atoms with E-state index in [1.54, 1.807) is 0 Å². The van der Waals surface area contributed by atoms with Crippen molar-refractivity contribution >= 4 is 11.6 Å². The molecule has 2 unspecified atom stereocenters. The molecule has 0 bridgehead atoms. The molecule has 6 nitrogen and oxygen atoms in total. The Morgan fingerprint density at radius 1 is 1.10 bits per heavy atom. The minimum absolute atomic E-state index is 0.0884. The van der Waals surface area contributed by atoms with Gasteiger partial charge in [-0.2, -0.15) is 0 Å². The fraction of sp³-hybridized carbons (Fsp3) is 0.480. The lowest BCUT2D eigenvalue weighted by Gasteiger charge is -2.22. The Bertz CT molecular complexity index is 841. The van der Waals surface area contributed by atoms with Crippen LogP contribution in [0.5, 0.6) is 11.5 Å². The zero-order chi connectivity index (χ0) is 22.1. The third-order valence-electron chi connectivity index (χ3n) is 5.61. The second-order valence-corrected chi connectivity index (χ2v) is 7.83. The molecular formula is C25H36N4O2. The molecule has 0 amide bonds. The maximum atomic E-state index is 5.77.